The van der Waals surface area contributed by atoms with Crippen molar-refractivity contribution in [2.75, 3.05) is 14.2 Å². The fraction of sp³-hybridized carbons (Fsp3) is 0.400. The summed E-state index contributed by atoms with van der Waals surface area (Å²) in [5.41, 5.74) is 2.22. The Morgan fingerprint density at radius 1 is 1.19 bits per heavy atom. The van der Waals surface area contributed by atoms with E-state index in [0.29, 0.717) is 5.75 Å². The second kappa shape index (κ2) is 5.52. The normalized spacial score (nSPS) is 11.6. The van der Waals surface area contributed by atoms with Crippen LogP contribution in [0, 0.1) is 13.8 Å². The first kappa shape index (κ1) is 14.0. The molecule has 1 aromatic carbocycles. The van der Waals surface area contributed by atoms with Crippen molar-refractivity contribution in [2.24, 2.45) is 0 Å². The van der Waals surface area contributed by atoms with E-state index in [4.69, 9.17) is 25.4 Å². The molecule has 0 spiro atoms. The average molecular weight is 278 g/mol. The first-order valence-corrected chi connectivity index (χ1v) is 7.64. The standard InChI is InChI=1S/C10H15O3PS2/c1-7-5-6-9(10(15)8(7)2)13-14(16,11-3)12-4/h5-6,15H,1-4H3. The third-order valence-electron chi connectivity index (χ3n) is 2.32. The van der Waals surface area contributed by atoms with Crippen molar-refractivity contribution in [3.63, 3.8) is 0 Å². The van der Waals surface area contributed by atoms with Crippen molar-refractivity contribution in [1.82, 2.24) is 0 Å². The Morgan fingerprint density at radius 3 is 2.25 bits per heavy atom. The van der Waals surface area contributed by atoms with Crippen molar-refractivity contribution in [1.29, 1.82) is 0 Å². The monoisotopic (exact) mass is 278 g/mol. The maximum absolute atomic E-state index is 5.57. The second-order valence-corrected chi connectivity index (χ2v) is 6.85. The lowest BCUT2D eigenvalue weighted by molar-refractivity contribution is 0.271. The summed E-state index contributed by atoms with van der Waals surface area (Å²) in [6, 6.07) is 3.78. The third-order valence-corrected chi connectivity index (χ3v) is 5.31. The summed E-state index contributed by atoms with van der Waals surface area (Å²) in [5, 5.41) is 0. The zero-order valence-corrected chi connectivity index (χ0v) is 12.3. The molecule has 0 bridgehead atoms. The highest BCUT2D eigenvalue weighted by Gasteiger charge is 2.20. The van der Waals surface area contributed by atoms with Crippen LogP contribution in [-0.2, 0) is 20.9 Å². The van der Waals surface area contributed by atoms with Crippen molar-refractivity contribution < 1.29 is 13.6 Å². The second-order valence-electron chi connectivity index (χ2n) is 3.26. The van der Waals surface area contributed by atoms with E-state index in [9.17, 15) is 0 Å². The topological polar surface area (TPSA) is 27.7 Å². The number of hydrogen-bond donors (Lipinski definition) is 1. The summed E-state index contributed by atoms with van der Waals surface area (Å²) in [5.74, 6) is 0.596. The number of thiol groups is 1. The van der Waals surface area contributed by atoms with Gasteiger partial charge in [-0.15, -0.1) is 12.6 Å². The van der Waals surface area contributed by atoms with Crippen LogP contribution in [0.15, 0.2) is 17.0 Å². The molecule has 90 valence electrons. The summed E-state index contributed by atoms with van der Waals surface area (Å²) in [6.45, 7) is 1.31. The Kier molecular flexibility index (Phi) is 4.83. The van der Waals surface area contributed by atoms with Crippen molar-refractivity contribution in [3.05, 3.63) is 23.3 Å². The molecular formula is C10H15O3PS2. The van der Waals surface area contributed by atoms with E-state index in [1.165, 1.54) is 14.2 Å². The van der Waals surface area contributed by atoms with Gasteiger partial charge in [0.15, 0.2) is 0 Å². The maximum atomic E-state index is 5.57. The molecule has 0 amide bonds. The largest absolute Gasteiger partial charge is 0.423 e. The van der Waals surface area contributed by atoms with Gasteiger partial charge in [-0.3, -0.25) is 0 Å². The molecule has 0 heterocycles. The maximum Gasteiger partial charge on any atom is 0.380 e. The first-order chi connectivity index (χ1) is 7.43. The lowest BCUT2D eigenvalue weighted by atomic mass is 10.1. The molecule has 1 aromatic rings. The van der Waals surface area contributed by atoms with Crippen molar-refractivity contribution >= 4 is 31.2 Å². The van der Waals surface area contributed by atoms with Gasteiger partial charge in [-0.2, -0.15) is 0 Å². The molecule has 0 aromatic heterocycles. The minimum Gasteiger partial charge on any atom is -0.423 e. The highest BCUT2D eigenvalue weighted by molar-refractivity contribution is 8.07. The zero-order chi connectivity index (χ0) is 12.3. The highest BCUT2D eigenvalue weighted by atomic mass is 32.5. The van der Waals surface area contributed by atoms with Gasteiger partial charge < -0.3 is 13.6 Å². The molecule has 6 heteroatoms. The van der Waals surface area contributed by atoms with Crippen LogP contribution in [0.1, 0.15) is 11.1 Å². The van der Waals surface area contributed by atoms with Crippen LogP contribution in [0.2, 0.25) is 0 Å². The molecule has 0 unspecified atom stereocenters. The van der Waals surface area contributed by atoms with Crippen LogP contribution in [-0.4, -0.2) is 14.2 Å². The van der Waals surface area contributed by atoms with Crippen LogP contribution in [0.3, 0.4) is 0 Å². The summed E-state index contributed by atoms with van der Waals surface area (Å²) in [7, 11) is 2.95. The Balaban J connectivity index is 3.08. The molecular weight excluding hydrogens is 263 g/mol. The van der Waals surface area contributed by atoms with E-state index < -0.39 is 6.72 Å². The molecule has 1 rings (SSSR count). The van der Waals surface area contributed by atoms with Gasteiger partial charge in [0.25, 0.3) is 0 Å². The van der Waals surface area contributed by atoms with Crippen LogP contribution in [0.4, 0.5) is 0 Å². The number of benzene rings is 1. The summed E-state index contributed by atoms with van der Waals surface area (Å²) >= 11 is 9.54. The van der Waals surface area contributed by atoms with Crippen molar-refractivity contribution in [2.45, 2.75) is 18.7 Å². The van der Waals surface area contributed by atoms with Gasteiger partial charge in [0.1, 0.15) is 5.75 Å². The predicted molar refractivity (Wildman–Crippen MR) is 72.1 cm³/mol. The van der Waals surface area contributed by atoms with E-state index in [-0.39, 0.29) is 0 Å². The van der Waals surface area contributed by atoms with E-state index in [1.54, 1.807) is 0 Å². The zero-order valence-electron chi connectivity index (χ0n) is 9.68. The van der Waals surface area contributed by atoms with Gasteiger partial charge in [0.05, 0.1) is 0 Å². The molecule has 0 saturated heterocycles. The quantitative estimate of drug-likeness (QED) is 0.674. The van der Waals surface area contributed by atoms with Crippen LogP contribution >= 0.6 is 19.3 Å². The van der Waals surface area contributed by atoms with Crippen LogP contribution < -0.4 is 4.52 Å². The summed E-state index contributed by atoms with van der Waals surface area (Å²) < 4.78 is 15.7. The van der Waals surface area contributed by atoms with E-state index in [0.717, 1.165) is 16.0 Å². The average Bonchev–Trinajstić information content (AvgIpc) is 2.30. The first-order valence-electron chi connectivity index (χ1n) is 4.64. The molecule has 0 aliphatic rings. The SMILES string of the molecule is COP(=S)(OC)Oc1ccc(C)c(C)c1S. The van der Waals surface area contributed by atoms with Crippen LogP contribution in [0.5, 0.6) is 5.75 Å². The minimum absolute atomic E-state index is 0.596. The molecule has 3 nitrogen and oxygen atoms in total. The van der Waals surface area contributed by atoms with Gasteiger partial charge in [-0.25, -0.2) is 0 Å². The Bertz CT molecular complexity index is 426. The van der Waals surface area contributed by atoms with Gasteiger partial charge in [0.2, 0.25) is 0 Å². The van der Waals surface area contributed by atoms with Gasteiger partial charge >= 0.3 is 6.72 Å². The molecule has 0 aliphatic heterocycles. The molecule has 0 N–H and O–H groups in total. The van der Waals surface area contributed by atoms with Crippen molar-refractivity contribution in [3.8, 4) is 5.75 Å². The van der Waals surface area contributed by atoms with E-state index >= 15 is 0 Å². The molecule has 0 atom stereocenters. The molecule has 16 heavy (non-hydrogen) atoms. The number of aryl methyl sites for hydroxylation is 1. The van der Waals surface area contributed by atoms with Gasteiger partial charge in [-0.05, 0) is 31.0 Å². The fourth-order valence-electron chi connectivity index (χ4n) is 1.12. The summed E-state index contributed by atoms with van der Waals surface area (Å²) in [6.07, 6.45) is 0. The molecule has 0 radical (unpaired) electrons. The predicted octanol–water partition coefficient (Wildman–Crippen LogP) is 3.49. The van der Waals surface area contributed by atoms with E-state index in [1.807, 2.05) is 26.0 Å². The number of rotatable bonds is 4. The lowest BCUT2D eigenvalue weighted by Gasteiger charge is -2.20. The molecule has 0 aliphatic carbocycles. The summed E-state index contributed by atoms with van der Waals surface area (Å²) in [4.78, 5) is 0.767. The van der Waals surface area contributed by atoms with Gasteiger partial charge in [-0.1, -0.05) is 6.07 Å². The van der Waals surface area contributed by atoms with Gasteiger partial charge in [0, 0.05) is 30.9 Å². The third kappa shape index (κ3) is 2.99. The smallest absolute Gasteiger partial charge is 0.380 e. The Morgan fingerprint density at radius 2 is 1.75 bits per heavy atom. The molecule has 0 saturated carbocycles. The molecule has 0 fully saturated rings. The lowest BCUT2D eigenvalue weighted by Crippen LogP contribution is -1.98. The van der Waals surface area contributed by atoms with Crippen LogP contribution in [0.25, 0.3) is 0 Å². The number of hydrogen-bond acceptors (Lipinski definition) is 5. The minimum atomic E-state index is -2.68. The Hall–Kier alpha value is -0.0600. The van der Waals surface area contributed by atoms with E-state index in [2.05, 4.69) is 12.6 Å². The fourth-order valence-corrected chi connectivity index (χ4v) is 2.42. The highest BCUT2D eigenvalue weighted by Crippen LogP contribution is 2.49. The Labute approximate surface area is 107 Å².